The van der Waals surface area contributed by atoms with Gasteiger partial charge in [-0.3, -0.25) is 14.9 Å². The minimum Gasteiger partial charge on any atom is -0.486 e. The first-order valence-corrected chi connectivity index (χ1v) is 11.5. The van der Waals surface area contributed by atoms with Gasteiger partial charge in [0.2, 0.25) is 11.0 Å². The first kappa shape index (κ1) is 21.7. The Morgan fingerprint density at radius 1 is 1.03 bits per heavy atom. The van der Waals surface area contributed by atoms with Crippen LogP contribution >= 0.6 is 46.3 Å². The summed E-state index contributed by atoms with van der Waals surface area (Å²) in [6, 6.07) is 9.82. The van der Waals surface area contributed by atoms with Gasteiger partial charge in [-0.1, -0.05) is 46.3 Å². The number of nitrogens with zero attached hydrogens (tertiary/aromatic N) is 2. The number of aromatic nitrogens is 2. The van der Waals surface area contributed by atoms with Crippen LogP contribution in [0.15, 0.2) is 40.7 Å². The van der Waals surface area contributed by atoms with Crippen LogP contribution in [0.2, 0.25) is 10.0 Å². The summed E-state index contributed by atoms with van der Waals surface area (Å²) in [6.07, 6.45) is 0. The Bertz CT molecular complexity index is 1140. The van der Waals surface area contributed by atoms with E-state index in [-0.39, 0.29) is 27.4 Å². The van der Waals surface area contributed by atoms with E-state index in [4.69, 9.17) is 32.7 Å². The number of anilines is 2. The smallest absolute Gasteiger partial charge is 0.259 e. The average molecular weight is 497 g/mol. The Kier molecular flexibility index (Phi) is 6.81. The molecule has 2 amide bonds. The van der Waals surface area contributed by atoms with Crippen molar-refractivity contribution in [3.63, 3.8) is 0 Å². The summed E-state index contributed by atoms with van der Waals surface area (Å²) >= 11 is 14.3. The molecule has 12 heteroatoms. The van der Waals surface area contributed by atoms with E-state index in [1.165, 1.54) is 17.8 Å². The van der Waals surface area contributed by atoms with Crippen LogP contribution in [0.25, 0.3) is 0 Å². The zero-order chi connectivity index (χ0) is 21.8. The van der Waals surface area contributed by atoms with Crippen molar-refractivity contribution >= 4 is 68.9 Å². The number of carbonyl (C=O) groups is 2. The third kappa shape index (κ3) is 5.59. The highest BCUT2D eigenvalue weighted by molar-refractivity contribution is 8.01. The van der Waals surface area contributed by atoms with E-state index in [9.17, 15) is 9.59 Å². The van der Waals surface area contributed by atoms with Crippen LogP contribution < -0.4 is 20.1 Å². The highest BCUT2D eigenvalue weighted by Crippen LogP contribution is 2.33. The van der Waals surface area contributed by atoms with Crippen molar-refractivity contribution < 1.29 is 19.1 Å². The van der Waals surface area contributed by atoms with Gasteiger partial charge >= 0.3 is 0 Å². The lowest BCUT2D eigenvalue weighted by atomic mass is 10.2. The van der Waals surface area contributed by atoms with Gasteiger partial charge in [0.15, 0.2) is 15.8 Å². The number of amides is 2. The molecule has 160 valence electrons. The zero-order valence-electron chi connectivity index (χ0n) is 15.7. The number of benzene rings is 2. The first-order chi connectivity index (χ1) is 15.0. The molecular formula is C19H14Cl2N4O4S2. The highest BCUT2D eigenvalue weighted by Gasteiger charge is 2.16. The molecular weight excluding hydrogens is 483 g/mol. The van der Waals surface area contributed by atoms with E-state index in [1.807, 2.05) is 0 Å². The first-order valence-electron chi connectivity index (χ1n) is 8.90. The molecule has 1 aliphatic rings. The van der Waals surface area contributed by atoms with E-state index in [0.29, 0.717) is 39.8 Å². The summed E-state index contributed by atoms with van der Waals surface area (Å²) in [5.41, 5.74) is 0.843. The molecule has 2 heterocycles. The monoisotopic (exact) mass is 496 g/mol. The largest absolute Gasteiger partial charge is 0.486 e. The molecule has 4 rings (SSSR count). The Morgan fingerprint density at radius 3 is 2.68 bits per heavy atom. The second-order valence-electron chi connectivity index (χ2n) is 6.15. The Balaban J connectivity index is 1.30. The number of hydrogen-bond acceptors (Lipinski definition) is 8. The molecule has 0 bridgehead atoms. The number of rotatable bonds is 6. The number of nitrogens with one attached hydrogen (secondary N) is 2. The molecule has 0 atom stereocenters. The Morgan fingerprint density at radius 2 is 1.84 bits per heavy atom. The van der Waals surface area contributed by atoms with Crippen molar-refractivity contribution in [3.8, 4) is 11.5 Å². The average Bonchev–Trinajstić information content (AvgIpc) is 3.21. The summed E-state index contributed by atoms with van der Waals surface area (Å²) in [6.45, 7) is 0.978. The number of ether oxygens (including phenoxy) is 2. The van der Waals surface area contributed by atoms with E-state index < -0.39 is 5.91 Å². The van der Waals surface area contributed by atoms with Gasteiger partial charge < -0.3 is 14.8 Å². The lowest BCUT2D eigenvalue weighted by Gasteiger charge is -2.18. The lowest BCUT2D eigenvalue weighted by Crippen LogP contribution is -2.17. The van der Waals surface area contributed by atoms with Gasteiger partial charge in [0.25, 0.3) is 5.91 Å². The molecule has 0 saturated heterocycles. The zero-order valence-corrected chi connectivity index (χ0v) is 18.8. The number of thioether (sulfide) groups is 1. The Hall–Kier alpha value is -2.53. The fraction of sp³-hybridized carbons (Fsp3) is 0.158. The SMILES string of the molecule is O=C(CSc1nnc(NC(=O)c2cc(Cl)ccc2Cl)s1)Nc1ccc2c(c1)OCCO2. The lowest BCUT2D eigenvalue weighted by molar-refractivity contribution is -0.113. The number of halogens is 2. The van der Waals surface area contributed by atoms with Crippen LogP contribution in [-0.4, -0.2) is 41.0 Å². The molecule has 31 heavy (non-hydrogen) atoms. The third-order valence-electron chi connectivity index (χ3n) is 3.95. The van der Waals surface area contributed by atoms with Crippen molar-refractivity contribution in [1.82, 2.24) is 10.2 Å². The summed E-state index contributed by atoms with van der Waals surface area (Å²) in [5.74, 6) is 0.712. The van der Waals surface area contributed by atoms with E-state index in [1.54, 1.807) is 30.3 Å². The predicted octanol–water partition coefficient (Wildman–Crippen LogP) is 4.60. The van der Waals surface area contributed by atoms with Gasteiger partial charge in [0.1, 0.15) is 13.2 Å². The molecule has 3 aromatic rings. The predicted molar refractivity (Wildman–Crippen MR) is 121 cm³/mol. The highest BCUT2D eigenvalue weighted by atomic mass is 35.5. The maximum atomic E-state index is 12.4. The van der Waals surface area contributed by atoms with Gasteiger partial charge in [-0.25, -0.2) is 0 Å². The van der Waals surface area contributed by atoms with Gasteiger partial charge in [-0.05, 0) is 30.3 Å². The Labute approximate surface area is 195 Å². The summed E-state index contributed by atoms with van der Waals surface area (Å²) < 4.78 is 11.5. The third-order valence-corrected chi connectivity index (χ3v) is 6.49. The molecule has 1 aromatic heterocycles. The summed E-state index contributed by atoms with van der Waals surface area (Å²) in [7, 11) is 0. The minimum absolute atomic E-state index is 0.122. The van der Waals surface area contributed by atoms with Gasteiger partial charge in [-0.2, -0.15) is 0 Å². The molecule has 0 aliphatic carbocycles. The van der Waals surface area contributed by atoms with Crippen LogP contribution in [0.1, 0.15) is 10.4 Å². The van der Waals surface area contributed by atoms with Crippen LogP contribution in [0, 0.1) is 0 Å². The van der Waals surface area contributed by atoms with Gasteiger partial charge in [0.05, 0.1) is 16.3 Å². The number of fused-ring (bicyclic) bond motifs is 1. The van der Waals surface area contributed by atoms with Crippen LogP contribution in [-0.2, 0) is 4.79 Å². The minimum atomic E-state index is -0.448. The summed E-state index contributed by atoms with van der Waals surface area (Å²) in [4.78, 5) is 24.6. The topological polar surface area (TPSA) is 102 Å². The van der Waals surface area contributed by atoms with Crippen molar-refractivity contribution in [2.75, 3.05) is 29.6 Å². The molecule has 0 radical (unpaired) electrons. The van der Waals surface area contributed by atoms with Crippen molar-refractivity contribution in [3.05, 3.63) is 52.0 Å². The molecule has 8 nitrogen and oxygen atoms in total. The van der Waals surface area contributed by atoms with Crippen molar-refractivity contribution in [2.24, 2.45) is 0 Å². The summed E-state index contributed by atoms with van der Waals surface area (Å²) in [5, 5.41) is 14.3. The maximum Gasteiger partial charge on any atom is 0.259 e. The molecule has 0 spiro atoms. The molecule has 2 aromatic carbocycles. The quantitative estimate of drug-likeness (QED) is 0.379. The van der Waals surface area contributed by atoms with E-state index in [2.05, 4.69) is 20.8 Å². The van der Waals surface area contributed by atoms with Crippen molar-refractivity contribution in [2.45, 2.75) is 4.34 Å². The number of carbonyl (C=O) groups excluding carboxylic acids is 2. The van der Waals surface area contributed by atoms with E-state index in [0.717, 1.165) is 11.3 Å². The van der Waals surface area contributed by atoms with Gasteiger partial charge in [-0.15, -0.1) is 10.2 Å². The van der Waals surface area contributed by atoms with Crippen molar-refractivity contribution in [1.29, 1.82) is 0 Å². The molecule has 0 unspecified atom stereocenters. The molecule has 0 saturated carbocycles. The fourth-order valence-corrected chi connectivity index (χ4v) is 4.52. The van der Waals surface area contributed by atoms with Gasteiger partial charge in [0, 0.05) is 16.8 Å². The standard InChI is InChI=1S/C19H14Cl2N4O4S2/c20-10-1-3-13(21)12(7-10)17(27)23-18-24-25-19(31-18)30-9-16(26)22-11-2-4-14-15(8-11)29-6-5-28-14/h1-4,7-8H,5-6,9H2,(H,22,26)(H,23,24,27). The fourth-order valence-electron chi connectivity index (χ4n) is 2.60. The normalized spacial score (nSPS) is 12.3. The number of hydrogen-bond donors (Lipinski definition) is 2. The second kappa shape index (κ2) is 9.73. The van der Waals surface area contributed by atoms with E-state index >= 15 is 0 Å². The van der Waals surface area contributed by atoms with Crippen LogP contribution in [0.4, 0.5) is 10.8 Å². The maximum absolute atomic E-state index is 12.4. The second-order valence-corrected chi connectivity index (χ2v) is 9.19. The molecule has 0 fully saturated rings. The molecule has 2 N–H and O–H groups in total. The van der Waals surface area contributed by atoms with Crippen LogP contribution in [0.5, 0.6) is 11.5 Å². The molecule has 1 aliphatic heterocycles. The van der Waals surface area contributed by atoms with Crippen LogP contribution in [0.3, 0.4) is 0 Å².